The fourth-order valence-electron chi connectivity index (χ4n) is 2.41. The Morgan fingerprint density at radius 3 is 2.52 bits per heavy atom. The van der Waals surface area contributed by atoms with Crippen molar-refractivity contribution in [2.75, 3.05) is 20.1 Å². The topological polar surface area (TPSA) is 77.9 Å². The Hall–Kier alpha value is -1.44. The average Bonchev–Trinajstić information content (AvgIpc) is 2.84. The monoisotopic (exact) mass is 312 g/mol. The number of carboxylic acid groups (broad SMARTS) is 1. The lowest BCUT2D eigenvalue weighted by Crippen LogP contribution is -2.42. The second kappa shape index (κ2) is 5.75. The van der Waals surface area contributed by atoms with Gasteiger partial charge in [0.2, 0.25) is 0 Å². The smallest absolute Gasteiger partial charge is 0.310 e. The van der Waals surface area contributed by atoms with Crippen molar-refractivity contribution in [3.05, 3.63) is 35.9 Å². The molecule has 7 heteroatoms. The zero-order valence-electron chi connectivity index (χ0n) is 12.2. The molecule has 0 aromatic heterocycles. The third kappa shape index (κ3) is 3.25. The van der Waals surface area contributed by atoms with E-state index in [2.05, 4.69) is 0 Å². The molecule has 1 N–H and O–H groups in total. The number of hydrogen-bond donors (Lipinski definition) is 1. The van der Waals surface area contributed by atoms with Crippen LogP contribution in [0.3, 0.4) is 0 Å². The van der Waals surface area contributed by atoms with Crippen LogP contribution in [0.5, 0.6) is 0 Å². The molecule has 1 heterocycles. The standard InChI is InChI=1S/C14H20N2O4S/c1-14(13(17)18)8-9-16(11-14)21(19,20)15(2)10-12-6-4-3-5-7-12/h3-7H,8-11H2,1-2H3,(H,17,18). The number of benzene rings is 1. The lowest BCUT2D eigenvalue weighted by Gasteiger charge is -2.25. The van der Waals surface area contributed by atoms with Crippen molar-refractivity contribution >= 4 is 16.2 Å². The van der Waals surface area contributed by atoms with E-state index in [9.17, 15) is 18.3 Å². The molecule has 6 nitrogen and oxygen atoms in total. The molecule has 0 aliphatic carbocycles. The first-order valence-electron chi connectivity index (χ1n) is 6.74. The Balaban J connectivity index is 2.10. The van der Waals surface area contributed by atoms with Crippen LogP contribution in [0.4, 0.5) is 0 Å². The van der Waals surface area contributed by atoms with Gasteiger partial charge in [-0.15, -0.1) is 0 Å². The van der Waals surface area contributed by atoms with Crippen molar-refractivity contribution in [2.45, 2.75) is 19.9 Å². The molecule has 1 aromatic rings. The normalized spacial score (nSPS) is 23.6. The Morgan fingerprint density at radius 2 is 2.00 bits per heavy atom. The quantitative estimate of drug-likeness (QED) is 0.885. The third-order valence-corrected chi connectivity index (χ3v) is 5.80. The predicted octanol–water partition coefficient (Wildman–Crippen LogP) is 1.16. The molecular weight excluding hydrogens is 292 g/mol. The highest BCUT2D eigenvalue weighted by molar-refractivity contribution is 7.86. The van der Waals surface area contributed by atoms with Crippen LogP contribution in [0.2, 0.25) is 0 Å². The van der Waals surface area contributed by atoms with Crippen molar-refractivity contribution in [1.82, 2.24) is 8.61 Å². The minimum absolute atomic E-state index is 0.0177. The molecule has 0 bridgehead atoms. The summed E-state index contributed by atoms with van der Waals surface area (Å²) in [6.45, 7) is 2.11. The number of nitrogens with zero attached hydrogens (tertiary/aromatic N) is 2. The van der Waals surface area contributed by atoms with Gasteiger partial charge in [-0.2, -0.15) is 17.0 Å². The lowest BCUT2D eigenvalue weighted by molar-refractivity contribution is -0.146. The van der Waals surface area contributed by atoms with E-state index in [1.807, 2.05) is 30.3 Å². The van der Waals surface area contributed by atoms with Gasteiger partial charge in [-0.25, -0.2) is 0 Å². The highest BCUT2D eigenvalue weighted by atomic mass is 32.2. The van der Waals surface area contributed by atoms with Crippen LogP contribution in [0, 0.1) is 5.41 Å². The molecule has 2 rings (SSSR count). The molecule has 1 saturated heterocycles. The summed E-state index contributed by atoms with van der Waals surface area (Å²) in [5.74, 6) is -0.953. The first kappa shape index (κ1) is 15.9. The summed E-state index contributed by atoms with van der Waals surface area (Å²) in [6.07, 6.45) is 0.334. The summed E-state index contributed by atoms with van der Waals surface area (Å²) >= 11 is 0. The molecular formula is C14H20N2O4S. The number of rotatable bonds is 5. The van der Waals surface area contributed by atoms with Gasteiger partial charge in [-0.3, -0.25) is 4.79 Å². The van der Waals surface area contributed by atoms with Gasteiger partial charge in [0.1, 0.15) is 0 Å². The van der Waals surface area contributed by atoms with Gasteiger partial charge < -0.3 is 5.11 Å². The molecule has 1 aliphatic heterocycles. The SMILES string of the molecule is CN(Cc1ccccc1)S(=O)(=O)N1CCC(C)(C(=O)O)C1. The predicted molar refractivity (Wildman–Crippen MR) is 78.8 cm³/mol. The van der Waals surface area contributed by atoms with E-state index in [0.717, 1.165) is 5.56 Å². The Bertz CT molecular complexity index is 617. The number of hydrogen-bond acceptors (Lipinski definition) is 3. The molecule has 1 atom stereocenters. The maximum absolute atomic E-state index is 12.5. The molecule has 21 heavy (non-hydrogen) atoms. The number of aliphatic carboxylic acids is 1. The molecule has 1 aromatic carbocycles. The summed E-state index contributed by atoms with van der Waals surface area (Å²) in [5.41, 5.74) is -0.107. The average molecular weight is 312 g/mol. The molecule has 0 spiro atoms. The zero-order chi connectivity index (χ0) is 15.7. The minimum atomic E-state index is -3.64. The van der Waals surface area contributed by atoms with E-state index in [0.29, 0.717) is 6.42 Å². The first-order chi connectivity index (χ1) is 9.75. The van der Waals surface area contributed by atoms with Crippen LogP contribution < -0.4 is 0 Å². The van der Waals surface area contributed by atoms with E-state index in [1.54, 1.807) is 6.92 Å². The van der Waals surface area contributed by atoms with Crippen molar-refractivity contribution in [2.24, 2.45) is 5.41 Å². The molecule has 0 radical (unpaired) electrons. The highest BCUT2D eigenvalue weighted by Crippen LogP contribution is 2.32. The van der Waals surface area contributed by atoms with E-state index in [-0.39, 0.29) is 19.6 Å². The number of carbonyl (C=O) groups is 1. The lowest BCUT2D eigenvalue weighted by atomic mass is 9.90. The van der Waals surface area contributed by atoms with E-state index < -0.39 is 21.6 Å². The van der Waals surface area contributed by atoms with Gasteiger partial charge in [-0.05, 0) is 18.9 Å². The maximum atomic E-state index is 12.5. The third-order valence-electron chi connectivity index (χ3n) is 3.92. The Labute approximate surface area is 125 Å². The Kier molecular flexibility index (Phi) is 4.36. The van der Waals surface area contributed by atoms with E-state index >= 15 is 0 Å². The van der Waals surface area contributed by atoms with E-state index in [4.69, 9.17) is 0 Å². The Morgan fingerprint density at radius 1 is 1.38 bits per heavy atom. The largest absolute Gasteiger partial charge is 0.481 e. The molecule has 1 aliphatic rings. The fraction of sp³-hybridized carbons (Fsp3) is 0.500. The summed E-state index contributed by atoms with van der Waals surface area (Å²) < 4.78 is 27.5. The van der Waals surface area contributed by atoms with Crippen molar-refractivity contribution in [1.29, 1.82) is 0 Å². The van der Waals surface area contributed by atoms with Gasteiger partial charge >= 0.3 is 5.97 Å². The second-order valence-corrected chi connectivity index (χ2v) is 7.73. The zero-order valence-corrected chi connectivity index (χ0v) is 13.0. The van der Waals surface area contributed by atoms with Gasteiger partial charge in [0.25, 0.3) is 10.2 Å². The molecule has 0 saturated carbocycles. The molecule has 116 valence electrons. The summed E-state index contributed by atoms with van der Waals surface area (Å²) in [4.78, 5) is 11.2. The highest BCUT2D eigenvalue weighted by Gasteiger charge is 2.45. The second-order valence-electron chi connectivity index (χ2n) is 5.70. The van der Waals surface area contributed by atoms with Crippen LogP contribution in [-0.4, -0.2) is 48.2 Å². The van der Waals surface area contributed by atoms with Gasteiger partial charge in [0.15, 0.2) is 0 Å². The summed E-state index contributed by atoms with van der Waals surface area (Å²) in [6, 6.07) is 9.30. The van der Waals surface area contributed by atoms with Crippen LogP contribution >= 0.6 is 0 Å². The van der Waals surface area contributed by atoms with Crippen LogP contribution in [0.1, 0.15) is 18.9 Å². The minimum Gasteiger partial charge on any atom is -0.481 e. The van der Waals surface area contributed by atoms with Gasteiger partial charge in [0.05, 0.1) is 5.41 Å². The van der Waals surface area contributed by atoms with Crippen LogP contribution in [-0.2, 0) is 21.5 Å². The molecule has 1 unspecified atom stereocenters. The van der Waals surface area contributed by atoms with Gasteiger partial charge in [0, 0.05) is 26.7 Å². The van der Waals surface area contributed by atoms with Crippen molar-refractivity contribution in [3.63, 3.8) is 0 Å². The number of carboxylic acids is 1. The molecule has 0 amide bonds. The molecule has 1 fully saturated rings. The van der Waals surface area contributed by atoms with E-state index in [1.165, 1.54) is 15.7 Å². The summed E-state index contributed by atoms with van der Waals surface area (Å²) in [7, 11) is -2.13. The maximum Gasteiger partial charge on any atom is 0.310 e. The first-order valence-corrected chi connectivity index (χ1v) is 8.14. The van der Waals surface area contributed by atoms with Crippen LogP contribution in [0.15, 0.2) is 30.3 Å². The van der Waals surface area contributed by atoms with Crippen molar-refractivity contribution < 1.29 is 18.3 Å². The van der Waals surface area contributed by atoms with Crippen molar-refractivity contribution in [3.8, 4) is 0 Å². The van der Waals surface area contributed by atoms with Crippen LogP contribution in [0.25, 0.3) is 0 Å². The van der Waals surface area contributed by atoms with Gasteiger partial charge in [-0.1, -0.05) is 30.3 Å². The summed E-state index contributed by atoms with van der Waals surface area (Å²) in [5, 5.41) is 9.19. The fourth-order valence-corrected chi connectivity index (χ4v) is 3.89.